The molecule has 35 heavy (non-hydrogen) atoms. The minimum absolute atomic E-state index is 0.190. The molecule has 4 atom stereocenters. The first-order valence-corrected chi connectivity index (χ1v) is 13.4. The number of H-pyrrole nitrogens is 1. The first-order valence-electron chi connectivity index (χ1n) is 10.4. The van der Waals surface area contributed by atoms with Gasteiger partial charge in [-0.1, -0.05) is 27.5 Å². The zero-order chi connectivity index (χ0) is 25.8. The Bertz CT molecular complexity index is 1250. The summed E-state index contributed by atoms with van der Waals surface area (Å²) in [6.45, 7) is 4.90. The van der Waals surface area contributed by atoms with E-state index in [1.165, 1.54) is 19.1 Å². The normalized spacial score (nSPS) is 19.9. The summed E-state index contributed by atoms with van der Waals surface area (Å²) in [4.78, 5) is 37.9. The molecule has 0 saturated carbocycles. The van der Waals surface area contributed by atoms with Gasteiger partial charge >= 0.3 is 19.2 Å². The molecule has 1 aromatic carbocycles. The number of aromatic amines is 1. The van der Waals surface area contributed by atoms with Crippen LogP contribution in [0, 0.1) is 0 Å². The number of aromatic nitrogens is 2. The van der Waals surface area contributed by atoms with E-state index >= 15 is 0 Å². The fourth-order valence-electron chi connectivity index (χ4n) is 2.93. The number of carbonyl (C=O) groups is 1. The van der Waals surface area contributed by atoms with E-state index < -0.39 is 49.6 Å². The number of halogens is 2. The minimum atomic E-state index is -3.82. The molecule has 0 radical (unpaired) electrons. The number of nitrogens with zero attached hydrogens (tertiary/aromatic N) is 1. The lowest BCUT2D eigenvalue weighted by Crippen LogP contribution is -2.37. The average Bonchev–Trinajstić information content (AvgIpc) is 3.25. The molecule has 190 valence electrons. The lowest BCUT2D eigenvalue weighted by Gasteiger charge is -2.25. The zero-order valence-corrected chi connectivity index (χ0v) is 22.2. The predicted molar refractivity (Wildman–Crippen MR) is 132 cm³/mol. The molecule has 1 aliphatic rings. The van der Waals surface area contributed by atoms with Gasteiger partial charge in [0.2, 0.25) is 0 Å². The van der Waals surface area contributed by atoms with Crippen LogP contribution < -0.4 is 20.9 Å². The van der Waals surface area contributed by atoms with Crippen LogP contribution in [-0.2, 0) is 23.6 Å². The maximum Gasteiger partial charge on any atom is 0.342 e. The average molecular weight is 593 g/mol. The Morgan fingerprint density at radius 1 is 1.26 bits per heavy atom. The Morgan fingerprint density at radius 3 is 2.60 bits per heavy atom. The van der Waals surface area contributed by atoms with Gasteiger partial charge in [-0.15, -0.1) is 0 Å². The Hall–Kier alpha value is -2.21. The van der Waals surface area contributed by atoms with Crippen LogP contribution in [0.2, 0.25) is 5.02 Å². The molecule has 2 heterocycles. The highest BCUT2D eigenvalue weighted by molar-refractivity contribution is 9.10. The molecule has 14 heteroatoms. The molecule has 1 aliphatic heterocycles. The van der Waals surface area contributed by atoms with E-state index in [-0.39, 0.29) is 16.9 Å². The number of ether oxygens (including phenoxy) is 3. The van der Waals surface area contributed by atoms with Crippen LogP contribution in [0.25, 0.3) is 0 Å². The first-order chi connectivity index (χ1) is 16.5. The summed E-state index contributed by atoms with van der Waals surface area (Å²) in [5.41, 5.74) is -1.44. The summed E-state index contributed by atoms with van der Waals surface area (Å²) in [5, 5.41) is 2.49. The summed E-state index contributed by atoms with van der Waals surface area (Å²) in [6.07, 6.45) is 1.40. The van der Waals surface area contributed by atoms with Crippen LogP contribution in [0.1, 0.15) is 27.0 Å². The van der Waals surface area contributed by atoms with Crippen LogP contribution in [0.5, 0.6) is 5.75 Å². The summed E-state index contributed by atoms with van der Waals surface area (Å²) < 4.78 is 37.6. The number of carbonyl (C=O) groups excluding carboxylic acids is 1. The molecule has 0 spiro atoms. The third-order valence-corrected chi connectivity index (χ3v) is 7.05. The highest BCUT2D eigenvalue weighted by Gasteiger charge is 2.33. The molecule has 2 N–H and O–H groups in total. The van der Waals surface area contributed by atoms with E-state index in [0.717, 1.165) is 15.2 Å². The Balaban J connectivity index is 1.71. The Morgan fingerprint density at radius 2 is 1.94 bits per heavy atom. The van der Waals surface area contributed by atoms with Crippen molar-refractivity contribution >= 4 is 41.0 Å². The van der Waals surface area contributed by atoms with Crippen molar-refractivity contribution < 1.29 is 28.1 Å². The molecule has 2 aromatic rings. The van der Waals surface area contributed by atoms with E-state index in [1.807, 2.05) is 0 Å². The van der Waals surface area contributed by atoms with E-state index in [4.69, 9.17) is 30.3 Å². The van der Waals surface area contributed by atoms with Gasteiger partial charge in [0.1, 0.15) is 16.8 Å². The van der Waals surface area contributed by atoms with Crippen LogP contribution in [0.3, 0.4) is 0 Å². The van der Waals surface area contributed by atoms with Gasteiger partial charge in [0.05, 0.1) is 6.10 Å². The monoisotopic (exact) mass is 591 g/mol. The largest absolute Gasteiger partial charge is 0.462 e. The summed E-state index contributed by atoms with van der Waals surface area (Å²) in [7, 11) is -3.82. The van der Waals surface area contributed by atoms with Crippen LogP contribution in [0.15, 0.2) is 56.7 Å². The second-order valence-corrected chi connectivity index (χ2v) is 11.1. The van der Waals surface area contributed by atoms with Gasteiger partial charge in [-0.05, 0) is 57.2 Å². The van der Waals surface area contributed by atoms with E-state index in [0.29, 0.717) is 0 Å². The SMILES string of the molecule is CC(C)OC(=O)[C@H](C)NP(=O)(CO[C@@H]1C=C[C@H](n2cc(Cl)c(=O)[nH]c2=O)O1)Oc1ccc(Br)cc1. The molecule has 0 saturated heterocycles. The molecule has 0 aliphatic carbocycles. The third-order valence-electron chi connectivity index (χ3n) is 4.48. The standard InChI is InChI=1S/C21H24BrClN3O8P/c1-12(2)32-20(28)13(3)25-35(30,34-15-6-4-14(22)5-7-15)11-31-18-9-8-17(33-18)26-10-16(23)19(27)24-21(26)29/h4-10,12-13,17-18H,11H2,1-3H3,(H,25,30)(H,24,27,29)/t13-,17+,18-,35?/m0/s1. The summed E-state index contributed by atoms with van der Waals surface area (Å²) >= 11 is 9.12. The highest BCUT2D eigenvalue weighted by Crippen LogP contribution is 2.44. The van der Waals surface area contributed by atoms with Crippen molar-refractivity contribution in [2.24, 2.45) is 0 Å². The van der Waals surface area contributed by atoms with Gasteiger partial charge in [0.15, 0.2) is 18.9 Å². The first kappa shape index (κ1) is 27.4. The molecule has 1 aromatic heterocycles. The number of hydrogen-bond donors (Lipinski definition) is 2. The van der Waals surface area contributed by atoms with Crippen LogP contribution >= 0.6 is 35.1 Å². The maximum atomic E-state index is 13.6. The molecule has 0 amide bonds. The molecule has 0 fully saturated rings. The van der Waals surface area contributed by atoms with Gasteiger partial charge < -0.3 is 18.7 Å². The minimum Gasteiger partial charge on any atom is -0.462 e. The topological polar surface area (TPSA) is 138 Å². The Labute approximate surface area is 214 Å². The van der Waals surface area contributed by atoms with Crippen molar-refractivity contribution in [2.45, 2.75) is 45.4 Å². The summed E-state index contributed by atoms with van der Waals surface area (Å²) in [5.74, 6) is -0.321. The number of esters is 1. The van der Waals surface area contributed by atoms with Crippen molar-refractivity contribution in [1.29, 1.82) is 0 Å². The van der Waals surface area contributed by atoms with Crippen molar-refractivity contribution in [1.82, 2.24) is 14.6 Å². The molecular formula is C21H24BrClN3O8P. The van der Waals surface area contributed by atoms with Crippen molar-refractivity contribution in [3.63, 3.8) is 0 Å². The highest BCUT2D eigenvalue weighted by atomic mass is 79.9. The van der Waals surface area contributed by atoms with Gasteiger partial charge in [0, 0.05) is 10.7 Å². The number of nitrogens with one attached hydrogen (secondary N) is 2. The second kappa shape index (κ2) is 11.7. The molecular weight excluding hydrogens is 569 g/mol. The summed E-state index contributed by atoms with van der Waals surface area (Å²) in [6, 6.07) is 5.65. The van der Waals surface area contributed by atoms with Gasteiger partial charge in [-0.2, -0.15) is 0 Å². The smallest absolute Gasteiger partial charge is 0.342 e. The number of benzene rings is 1. The molecule has 11 nitrogen and oxygen atoms in total. The fraction of sp³-hybridized carbons (Fsp3) is 0.381. The van der Waals surface area contributed by atoms with Gasteiger partial charge in [-0.25, -0.2) is 9.88 Å². The second-order valence-electron chi connectivity index (χ2n) is 7.77. The van der Waals surface area contributed by atoms with E-state index in [9.17, 15) is 18.9 Å². The number of hydrogen-bond acceptors (Lipinski definition) is 8. The van der Waals surface area contributed by atoms with E-state index in [2.05, 4.69) is 26.0 Å². The maximum absolute atomic E-state index is 13.6. The van der Waals surface area contributed by atoms with Gasteiger partial charge in [-0.3, -0.25) is 23.7 Å². The zero-order valence-electron chi connectivity index (χ0n) is 19.0. The van der Waals surface area contributed by atoms with E-state index in [1.54, 1.807) is 38.1 Å². The van der Waals surface area contributed by atoms with Crippen LogP contribution in [-0.4, -0.2) is 40.3 Å². The predicted octanol–water partition coefficient (Wildman–Crippen LogP) is 3.54. The number of rotatable bonds is 10. The van der Waals surface area contributed by atoms with Gasteiger partial charge in [0.25, 0.3) is 5.56 Å². The molecule has 1 unspecified atom stereocenters. The lowest BCUT2D eigenvalue weighted by atomic mass is 10.3. The Kier molecular flexibility index (Phi) is 9.14. The van der Waals surface area contributed by atoms with Crippen molar-refractivity contribution in [3.05, 3.63) is 72.9 Å². The lowest BCUT2D eigenvalue weighted by molar-refractivity contribution is -0.149. The molecule has 3 rings (SSSR count). The van der Waals surface area contributed by atoms with Crippen LogP contribution in [0.4, 0.5) is 0 Å². The fourth-order valence-corrected chi connectivity index (χ4v) is 5.02. The van der Waals surface area contributed by atoms with Crippen molar-refractivity contribution in [3.8, 4) is 5.75 Å². The quantitative estimate of drug-likeness (QED) is 0.241. The molecule has 0 bridgehead atoms. The van der Waals surface area contributed by atoms with Crippen molar-refractivity contribution in [2.75, 3.05) is 6.35 Å². The third kappa shape index (κ3) is 7.63.